The van der Waals surface area contributed by atoms with Gasteiger partial charge in [0.2, 0.25) is 0 Å². The number of thiazole rings is 1. The van der Waals surface area contributed by atoms with E-state index >= 15 is 0 Å². The van der Waals surface area contributed by atoms with E-state index in [4.69, 9.17) is 5.73 Å². The Morgan fingerprint density at radius 3 is 2.62 bits per heavy atom. The number of hydrogen-bond donors (Lipinski definition) is 2. The molecule has 1 amide bonds. The molecule has 0 saturated heterocycles. The number of nitrogens with one attached hydrogen (secondary N) is 1. The van der Waals surface area contributed by atoms with Crippen molar-refractivity contribution in [1.82, 2.24) is 10.3 Å². The summed E-state index contributed by atoms with van der Waals surface area (Å²) in [6.07, 6.45) is 5.83. The third kappa shape index (κ3) is 3.85. The first-order valence-corrected chi connectivity index (χ1v) is 9.29. The summed E-state index contributed by atoms with van der Waals surface area (Å²) in [5.41, 5.74) is 7.97. The van der Waals surface area contributed by atoms with E-state index in [1.54, 1.807) is 5.38 Å². The zero-order valence-electron chi connectivity index (χ0n) is 13.7. The summed E-state index contributed by atoms with van der Waals surface area (Å²) in [6, 6.07) is 9.72. The molecule has 0 aliphatic heterocycles. The van der Waals surface area contributed by atoms with Crippen LogP contribution in [-0.4, -0.2) is 16.9 Å². The van der Waals surface area contributed by atoms with Crippen LogP contribution in [0, 0.1) is 5.92 Å². The standard InChI is InChI=1S/C19H23N3OS/c1-13(20)17(14-8-4-2-5-9-14)22-18(23)16-12-24-19(21-16)15-10-6-3-7-11-15/h3,6-7,10-12,14,17H,1-2,4-5,8-9,20H2,(H,22,23)/t17-/m1/s1. The summed E-state index contributed by atoms with van der Waals surface area (Å²) in [6.45, 7) is 3.88. The smallest absolute Gasteiger partial charge is 0.271 e. The van der Waals surface area contributed by atoms with Crippen molar-refractivity contribution in [3.8, 4) is 10.6 Å². The number of benzene rings is 1. The normalized spacial score (nSPS) is 16.5. The van der Waals surface area contributed by atoms with Crippen molar-refractivity contribution in [3.05, 3.63) is 53.7 Å². The predicted octanol–water partition coefficient (Wildman–Crippen LogP) is 3.96. The van der Waals surface area contributed by atoms with Gasteiger partial charge in [-0.3, -0.25) is 4.79 Å². The van der Waals surface area contributed by atoms with Gasteiger partial charge in [-0.25, -0.2) is 4.98 Å². The van der Waals surface area contributed by atoms with Crippen molar-refractivity contribution >= 4 is 17.2 Å². The van der Waals surface area contributed by atoms with Gasteiger partial charge in [0.15, 0.2) is 0 Å². The highest BCUT2D eigenvalue weighted by Gasteiger charge is 2.27. The molecule has 1 heterocycles. The number of hydrogen-bond acceptors (Lipinski definition) is 4. The van der Waals surface area contributed by atoms with Crippen LogP contribution in [0.15, 0.2) is 48.0 Å². The molecule has 1 aliphatic carbocycles. The Morgan fingerprint density at radius 2 is 1.96 bits per heavy atom. The van der Waals surface area contributed by atoms with Crippen molar-refractivity contribution in [2.75, 3.05) is 0 Å². The first kappa shape index (κ1) is 16.7. The lowest BCUT2D eigenvalue weighted by Crippen LogP contribution is -2.44. The second-order valence-electron chi connectivity index (χ2n) is 6.33. The van der Waals surface area contributed by atoms with E-state index in [0.29, 0.717) is 17.3 Å². The molecule has 3 N–H and O–H groups in total. The molecule has 1 aromatic carbocycles. The lowest BCUT2D eigenvalue weighted by molar-refractivity contribution is 0.0919. The summed E-state index contributed by atoms with van der Waals surface area (Å²) in [5.74, 6) is 0.211. The lowest BCUT2D eigenvalue weighted by Gasteiger charge is -2.30. The Balaban J connectivity index is 1.71. The number of aromatic nitrogens is 1. The van der Waals surface area contributed by atoms with Gasteiger partial charge in [0.25, 0.3) is 5.91 Å². The number of carbonyl (C=O) groups excluding carboxylic acids is 1. The summed E-state index contributed by atoms with van der Waals surface area (Å²) in [4.78, 5) is 17.1. The summed E-state index contributed by atoms with van der Waals surface area (Å²) >= 11 is 1.48. The van der Waals surface area contributed by atoms with E-state index in [9.17, 15) is 4.79 Å². The van der Waals surface area contributed by atoms with Gasteiger partial charge in [0.05, 0.1) is 6.04 Å². The van der Waals surface area contributed by atoms with Crippen LogP contribution in [0.25, 0.3) is 10.6 Å². The molecule has 1 fully saturated rings. The molecule has 1 atom stereocenters. The van der Waals surface area contributed by atoms with Crippen molar-refractivity contribution in [3.63, 3.8) is 0 Å². The predicted molar refractivity (Wildman–Crippen MR) is 98.7 cm³/mol. The monoisotopic (exact) mass is 341 g/mol. The van der Waals surface area contributed by atoms with E-state index in [1.807, 2.05) is 30.3 Å². The molecule has 0 radical (unpaired) electrons. The van der Waals surface area contributed by atoms with Crippen molar-refractivity contribution in [2.45, 2.75) is 38.1 Å². The van der Waals surface area contributed by atoms with Gasteiger partial charge in [-0.2, -0.15) is 0 Å². The zero-order chi connectivity index (χ0) is 16.9. The van der Waals surface area contributed by atoms with Gasteiger partial charge in [0.1, 0.15) is 10.7 Å². The van der Waals surface area contributed by atoms with Gasteiger partial charge >= 0.3 is 0 Å². The third-order valence-corrected chi connectivity index (χ3v) is 5.46. The minimum Gasteiger partial charge on any atom is -0.401 e. The van der Waals surface area contributed by atoms with E-state index in [1.165, 1.54) is 30.6 Å². The highest BCUT2D eigenvalue weighted by atomic mass is 32.1. The van der Waals surface area contributed by atoms with E-state index < -0.39 is 0 Å². The molecule has 0 bridgehead atoms. The van der Waals surface area contributed by atoms with Crippen LogP contribution in [0.3, 0.4) is 0 Å². The molecule has 0 unspecified atom stereocenters. The Hall–Kier alpha value is -2.14. The van der Waals surface area contributed by atoms with Crippen LogP contribution in [0.5, 0.6) is 0 Å². The fraction of sp³-hybridized carbons (Fsp3) is 0.368. The summed E-state index contributed by atoms with van der Waals surface area (Å²) < 4.78 is 0. The second-order valence-corrected chi connectivity index (χ2v) is 7.19. The Morgan fingerprint density at radius 1 is 1.25 bits per heavy atom. The van der Waals surface area contributed by atoms with Crippen LogP contribution in [0.2, 0.25) is 0 Å². The average Bonchev–Trinajstić information content (AvgIpc) is 3.11. The van der Waals surface area contributed by atoms with Gasteiger partial charge in [-0.05, 0) is 18.8 Å². The van der Waals surface area contributed by atoms with Crippen LogP contribution >= 0.6 is 11.3 Å². The molecule has 1 aliphatic rings. The highest BCUT2D eigenvalue weighted by molar-refractivity contribution is 7.13. The van der Waals surface area contributed by atoms with Crippen LogP contribution in [-0.2, 0) is 0 Å². The molecule has 4 nitrogen and oxygen atoms in total. The quantitative estimate of drug-likeness (QED) is 0.865. The molecule has 1 saturated carbocycles. The number of nitrogens with zero attached hydrogens (tertiary/aromatic N) is 1. The molecule has 0 spiro atoms. The van der Waals surface area contributed by atoms with Gasteiger partial charge < -0.3 is 11.1 Å². The van der Waals surface area contributed by atoms with Gasteiger partial charge in [-0.1, -0.05) is 56.2 Å². The highest BCUT2D eigenvalue weighted by Crippen LogP contribution is 2.28. The Bertz CT molecular complexity index is 704. The zero-order valence-corrected chi connectivity index (χ0v) is 14.5. The first-order chi connectivity index (χ1) is 11.6. The minimum absolute atomic E-state index is 0.167. The Kier molecular flexibility index (Phi) is 5.30. The fourth-order valence-corrected chi connectivity index (χ4v) is 4.09. The molecule has 1 aromatic heterocycles. The van der Waals surface area contributed by atoms with Crippen LogP contribution < -0.4 is 11.1 Å². The second kappa shape index (κ2) is 7.62. The summed E-state index contributed by atoms with van der Waals surface area (Å²) in [7, 11) is 0. The average molecular weight is 341 g/mol. The van der Waals surface area contributed by atoms with Crippen LogP contribution in [0.1, 0.15) is 42.6 Å². The maximum atomic E-state index is 12.6. The topological polar surface area (TPSA) is 68.0 Å². The van der Waals surface area contributed by atoms with Crippen LogP contribution in [0.4, 0.5) is 0 Å². The molecule has 3 rings (SSSR count). The van der Waals surface area contributed by atoms with Crippen molar-refractivity contribution in [2.24, 2.45) is 11.7 Å². The summed E-state index contributed by atoms with van der Waals surface area (Å²) in [5, 5.41) is 5.70. The molecule has 2 aromatic rings. The largest absolute Gasteiger partial charge is 0.401 e. The molecular formula is C19H23N3OS. The van der Waals surface area contributed by atoms with E-state index in [2.05, 4.69) is 16.9 Å². The minimum atomic E-state index is -0.171. The van der Waals surface area contributed by atoms with Crippen molar-refractivity contribution in [1.29, 1.82) is 0 Å². The third-order valence-electron chi connectivity index (χ3n) is 4.56. The number of rotatable bonds is 5. The number of nitrogens with two attached hydrogens (primary N) is 1. The fourth-order valence-electron chi connectivity index (χ4n) is 3.29. The Labute approximate surface area is 146 Å². The molecule has 126 valence electrons. The number of carbonyl (C=O) groups is 1. The van der Waals surface area contributed by atoms with Gasteiger partial charge in [0, 0.05) is 16.6 Å². The lowest BCUT2D eigenvalue weighted by atomic mass is 9.83. The maximum absolute atomic E-state index is 12.6. The van der Waals surface area contributed by atoms with Crippen molar-refractivity contribution < 1.29 is 4.79 Å². The SMILES string of the molecule is C=C(N)[C@@H](NC(=O)c1csc(-c2ccccc2)n1)C1CCCCC1. The maximum Gasteiger partial charge on any atom is 0.271 e. The first-order valence-electron chi connectivity index (χ1n) is 8.41. The van der Waals surface area contributed by atoms with E-state index in [-0.39, 0.29) is 11.9 Å². The van der Waals surface area contributed by atoms with E-state index in [0.717, 1.165) is 23.4 Å². The van der Waals surface area contributed by atoms with Gasteiger partial charge in [-0.15, -0.1) is 11.3 Å². The molecule has 24 heavy (non-hydrogen) atoms. The molecule has 5 heteroatoms. The number of amides is 1. The molecular weight excluding hydrogens is 318 g/mol.